The summed E-state index contributed by atoms with van der Waals surface area (Å²) in [5.41, 5.74) is -0.570. The molecule has 0 radical (unpaired) electrons. The maximum atomic E-state index is 11.8. The fourth-order valence-electron chi connectivity index (χ4n) is 3.31. The summed E-state index contributed by atoms with van der Waals surface area (Å²) in [4.78, 5) is 11.8. The average Bonchev–Trinajstić information content (AvgIpc) is 3.17. The molecule has 0 spiro atoms. The number of ether oxygens (including phenoxy) is 3. The molecular formula is C18H30O7. The van der Waals surface area contributed by atoms with Gasteiger partial charge in [0, 0.05) is 11.8 Å². The number of carbonyl (C=O) groups excluding carboxylic acids is 1. The van der Waals surface area contributed by atoms with Crippen molar-refractivity contribution in [3.05, 3.63) is 12.2 Å². The van der Waals surface area contributed by atoms with Gasteiger partial charge in [0.05, 0.1) is 18.1 Å². The Morgan fingerprint density at radius 2 is 1.88 bits per heavy atom. The predicted octanol–water partition coefficient (Wildman–Crippen LogP) is 0.819. The van der Waals surface area contributed by atoms with E-state index < -0.39 is 17.8 Å². The van der Waals surface area contributed by atoms with E-state index in [-0.39, 0.29) is 49.8 Å². The summed E-state index contributed by atoms with van der Waals surface area (Å²) >= 11 is 0. The van der Waals surface area contributed by atoms with Crippen LogP contribution in [0.15, 0.2) is 12.2 Å². The zero-order valence-electron chi connectivity index (χ0n) is 15.1. The van der Waals surface area contributed by atoms with Crippen molar-refractivity contribution in [2.45, 2.75) is 52.1 Å². The molecule has 0 heterocycles. The second kappa shape index (κ2) is 8.60. The molecule has 2 aliphatic rings. The number of hydrogen-bond acceptors (Lipinski definition) is 7. The lowest BCUT2D eigenvalue weighted by atomic mass is 9.90. The lowest BCUT2D eigenvalue weighted by Crippen LogP contribution is -2.37. The molecule has 25 heavy (non-hydrogen) atoms. The van der Waals surface area contributed by atoms with Crippen LogP contribution >= 0.6 is 0 Å². The summed E-state index contributed by atoms with van der Waals surface area (Å²) in [6.07, 6.45) is 2.91. The summed E-state index contributed by atoms with van der Waals surface area (Å²) < 4.78 is 16.0. The Morgan fingerprint density at radius 3 is 2.52 bits per heavy atom. The number of carbonyl (C=O) groups is 1. The molecule has 0 amide bonds. The summed E-state index contributed by atoms with van der Waals surface area (Å²) in [5.74, 6) is -0.399. The van der Waals surface area contributed by atoms with Gasteiger partial charge in [-0.2, -0.15) is 0 Å². The number of aliphatic hydroxyl groups excluding tert-OH is 2. The van der Waals surface area contributed by atoms with E-state index in [0.29, 0.717) is 6.42 Å². The number of aliphatic hydroxyl groups is 3. The van der Waals surface area contributed by atoms with Crippen LogP contribution in [0.25, 0.3) is 0 Å². The van der Waals surface area contributed by atoms with Crippen LogP contribution in [-0.4, -0.2) is 59.8 Å². The number of allylic oxidation sites excluding steroid dienone is 1. The van der Waals surface area contributed by atoms with E-state index in [9.17, 15) is 20.1 Å². The fourth-order valence-corrected chi connectivity index (χ4v) is 3.31. The van der Waals surface area contributed by atoms with Gasteiger partial charge in [0.2, 0.25) is 0 Å². The summed E-state index contributed by atoms with van der Waals surface area (Å²) in [7, 11) is 0. The maximum absolute atomic E-state index is 11.8. The minimum absolute atomic E-state index is 0.0250. The molecule has 0 aromatic heterocycles. The molecular weight excluding hydrogens is 328 g/mol. The first-order valence-electron chi connectivity index (χ1n) is 8.85. The standard InChI is InChI=1S/C18H30O7/c1-4-18(2,3)17(22)24-9-13(19)8-23-10-25-15-12-6-5-11(7-12)14(15)16(20)21/h5-6,11-16,19-21H,4,7-10H2,1-3H3. The molecule has 5 unspecified atom stereocenters. The van der Waals surface area contributed by atoms with Gasteiger partial charge in [-0.3, -0.25) is 4.79 Å². The van der Waals surface area contributed by atoms with Crippen LogP contribution in [0.1, 0.15) is 33.6 Å². The third-order valence-corrected chi connectivity index (χ3v) is 5.29. The van der Waals surface area contributed by atoms with E-state index in [4.69, 9.17) is 14.2 Å². The normalized spacial score (nSPS) is 29.4. The third-order valence-electron chi connectivity index (χ3n) is 5.29. The van der Waals surface area contributed by atoms with E-state index in [0.717, 1.165) is 6.42 Å². The molecule has 7 heteroatoms. The molecule has 5 atom stereocenters. The van der Waals surface area contributed by atoms with Crippen molar-refractivity contribution < 1.29 is 34.3 Å². The van der Waals surface area contributed by atoms with Crippen LogP contribution in [0.5, 0.6) is 0 Å². The molecule has 144 valence electrons. The number of fused-ring (bicyclic) bond motifs is 2. The van der Waals surface area contributed by atoms with E-state index in [1.807, 2.05) is 19.1 Å². The molecule has 7 nitrogen and oxygen atoms in total. The molecule has 3 N–H and O–H groups in total. The van der Waals surface area contributed by atoms with Gasteiger partial charge in [-0.15, -0.1) is 0 Å². The first-order valence-corrected chi connectivity index (χ1v) is 8.85. The molecule has 0 aliphatic heterocycles. The Morgan fingerprint density at radius 1 is 1.20 bits per heavy atom. The van der Waals surface area contributed by atoms with Crippen LogP contribution in [0.2, 0.25) is 0 Å². The van der Waals surface area contributed by atoms with Crippen LogP contribution in [0.3, 0.4) is 0 Å². The molecule has 2 bridgehead atoms. The number of esters is 1. The highest BCUT2D eigenvalue weighted by Gasteiger charge is 2.48. The molecule has 2 rings (SSSR count). The molecule has 0 saturated heterocycles. The van der Waals surface area contributed by atoms with Gasteiger partial charge >= 0.3 is 5.97 Å². The van der Waals surface area contributed by atoms with Gasteiger partial charge in [-0.05, 0) is 32.6 Å². The van der Waals surface area contributed by atoms with Crippen molar-refractivity contribution in [2.75, 3.05) is 20.0 Å². The third kappa shape index (κ3) is 5.01. The highest BCUT2D eigenvalue weighted by molar-refractivity contribution is 5.75. The Hall–Kier alpha value is -0.990. The Balaban J connectivity index is 1.64. The van der Waals surface area contributed by atoms with Gasteiger partial charge in [0.25, 0.3) is 0 Å². The van der Waals surface area contributed by atoms with Crippen LogP contribution in [-0.2, 0) is 19.0 Å². The zero-order valence-corrected chi connectivity index (χ0v) is 15.1. The lowest BCUT2D eigenvalue weighted by molar-refractivity contribution is -0.174. The van der Waals surface area contributed by atoms with Crippen LogP contribution in [0.4, 0.5) is 0 Å². The number of hydrogen-bond donors (Lipinski definition) is 3. The number of rotatable bonds is 10. The van der Waals surface area contributed by atoms with E-state index in [1.165, 1.54) is 0 Å². The lowest BCUT2D eigenvalue weighted by Gasteiger charge is -2.29. The topological polar surface area (TPSA) is 105 Å². The van der Waals surface area contributed by atoms with Gasteiger partial charge in [0.1, 0.15) is 19.5 Å². The summed E-state index contributed by atoms with van der Waals surface area (Å²) in [6.45, 7) is 5.28. The van der Waals surface area contributed by atoms with E-state index >= 15 is 0 Å². The van der Waals surface area contributed by atoms with Crippen molar-refractivity contribution >= 4 is 5.97 Å². The van der Waals surface area contributed by atoms with E-state index in [2.05, 4.69) is 0 Å². The van der Waals surface area contributed by atoms with Crippen molar-refractivity contribution in [3.8, 4) is 0 Å². The Kier molecular flexibility index (Phi) is 6.99. The van der Waals surface area contributed by atoms with Crippen LogP contribution < -0.4 is 0 Å². The van der Waals surface area contributed by atoms with E-state index in [1.54, 1.807) is 13.8 Å². The van der Waals surface area contributed by atoms with Gasteiger partial charge in [-0.1, -0.05) is 19.1 Å². The highest BCUT2D eigenvalue weighted by atomic mass is 16.7. The quantitative estimate of drug-likeness (QED) is 0.230. The second-order valence-electron chi connectivity index (χ2n) is 7.55. The van der Waals surface area contributed by atoms with Crippen LogP contribution in [0, 0.1) is 23.2 Å². The molecule has 1 fully saturated rings. The van der Waals surface area contributed by atoms with Crippen molar-refractivity contribution in [1.29, 1.82) is 0 Å². The van der Waals surface area contributed by atoms with Gasteiger partial charge in [-0.25, -0.2) is 0 Å². The smallest absolute Gasteiger partial charge is 0.311 e. The first kappa shape index (κ1) is 20.3. The summed E-state index contributed by atoms with van der Waals surface area (Å²) in [5, 5.41) is 28.8. The monoisotopic (exact) mass is 358 g/mol. The Labute approximate surface area is 148 Å². The van der Waals surface area contributed by atoms with Gasteiger partial charge < -0.3 is 29.5 Å². The minimum atomic E-state index is -1.42. The fraction of sp³-hybridized carbons (Fsp3) is 0.833. The van der Waals surface area contributed by atoms with Crippen molar-refractivity contribution in [2.24, 2.45) is 23.2 Å². The largest absolute Gasteiger partial charge is 0.462 e. The second-order valence-corrected chi connectivity index (χ2v) is 7.55. The highest BCUT2D eigenvalue weighted by Crippen LogP contribution is 2.46. The van der Waals surface area contributed by atoms with Crippen molar-refractivity contribution in [3.63, 3.8) is 0 Å². The maximum Gasteiger partial charge on any atom is 0.311 e. The molecule has 2 aliphatic carbocycles. The van der Waals surface area contributed by atoms with Crippen molar-refractivity contribution in [1.82, 2.24) is 0 Å². The zero-order chi connectivity index (χ0) is 18.6. The SMILES string of the molecule is CCC(C)(C)C(=O)OCC(O)COCOC1C2C=CC(C2)C1C(O)O. The average molecular weight is 358 g/mol. The summed E-state index contributed by atoms with van der Waals surface area (Å²) in [6, 6.07) is 0. The molecule has 0 aromatic carbocycles. The predicted molar refractivity (Wildman–Crippen MR) is 89.2 cm³/mol. The minimum Gasteiger partial charge on any atom is -0.462 e. The molecule has 0 aromatic rings. The Bertz CT molecular complexity index is 474. The van der Waals surface area contributed by atoms with Gasteiger partial charge in [0.15, 0.2) is 6.29 Å². The molecule has 1 saturated carbocycles. The first-order chi connectivity index (χ1) is 11.8.